The van der Waals surface area contributed by atoms with E-state index in [4.69, 9.17) is 0 Å². The fraction of sp³-hybridized carbons (Fsp3) is 0.250. The summed E-state index contributed by atoms with van der Waals surface area (Å²) in [6.45, 7) is -0.0189. The van der Waals surface area contributed by atoms with Crippen molar-refractivity contribution in [2.24, 2.45) is 0 Å². The second-order valence-corrected chi connectivity index (χ2v) is 7.47. The number of aromatic nitrogens is 1. The van der Waals surface area contributed by atoms with Gasteiger partial charge in [-0.2, -0.15) is 0 Å². The number of carbonyl (C=O) groups excluding carboxylic acids is 1. The van der Waals surface area contributed by atoms with E-state index in [1.807, 2.05) is 0 Å². The van der Waals surface area contributed by atoms with Crippen LogP contribution in [0, 0.1) is 10.1 Å². The molecule has 2 N–H and O–H groups in total. The van der Waals surface area contributed by atoms with Crippen molar-refractivity contribution >= 4 is 27.4 Å². The van der Waals surface area contributed by atoms with Gasteiger partial charge >= 0.3 is 0 Å². The van der Waals surface area contributed by atoms with Gasteiger partial charge in [-0.15, -0.1) is 0 Å². The normalized spacial score (nSPS) is 11.0. The number of amides is 1. The maximum absolute atomic E-state index is 12.2. The van der Waals surface area contributed by atoms with Crippen LogP contribution in [0.4, 0.5) is 11.5 Å². The third kappa shape index (κ3) is 5.46. The first-order valence-corrected chi connectivity index (χ1v) is 9.35. The minimum Gasteiger partial charge on any atom is -0.363 e. The van der Waals surface area contributed by atoms with Gasteiger partial charge < -0.3 is 10.2 Å². The van der Waals surface area contributed by atoms with E-state index in [1.54, 1.807) is 31.1 Å². The van der Waals surface area contributed by atoms with Gasteiger partial charge in [-0.1, -0.05) is 6.07 Å². The highest BCUT2D eigenvalue weighted by molar-refractivity contribution is 7.89. The smallest absolute Gasteiger partial charge is 0.270 e. The Labute approximate surface area is 156 Å². The van der Waals surface area contributed by atoms with Gasteiger partial charge in [-0.25, -0.2) is 18.1 Å². The number of nitrogens with zero attached hydrogens (tertiary/aromatic N) is 3. The van der Waals surface area contributed by atoms with Crippen molar-refractivity contribution in [3.63, 3.8) is 0 Å². The van der Waals surface area contributed by atoms with Crippen LogP contribution < -0.4 is 14.9 Å². The van der Waals surface area contributed by atoms with Crippen LogP contribution in [-0.4, -0.2) is 51.4 Å². The topological polar surface area (TPSA) is 135 Å². The van der Waals surface area contributed by atoms with Gasteiger partial charge in [-0.3, -0.25) is 14.9 Å². The fourth-order valence-electron chi connectivity index (χ4n) is 2.12. The maximum atomic E-state index is 12.2. The molecule has 0 saturated carbocycles. The number of nitro benzene ring substituents is 1. The molecule has 2 aromatic rings. The Morgan fingerprint density at radius 2 is 1.96 bits per heavy atom. The van der Waals surface area contributed by atoms with Gasteiger partial charge in [0, 0.05) is 51.1 Å². The lowest BCUT2D eigenvalue weighted by molar-refractivity contribution is -0.385. The van der Waals surface area contributed by atoms with Crippen LogP contribution in [0.5, 0.6) is 0 Å². The van der Waals surface area contributed by atoms with Crippen LogP contribution in [0.2, 0.25) is 0 Å². The second-order valence-electron chi connectivity index (χ2n) is 5.71. The summed E-state index contributed by atoms with van der Waals surface area (Å²) in [5.74, 6) is 0.254. The maximum Gasteiger partial charge on any atom is 0.270 e. The minimum atomic E-state index is -3.92. The lowest BCUT2D eigenvalue weighted by atomic mass is 10.2. The number of pyridine rings is 1. The third-order valence-corrected chi connectivity index (χ3v) is 4.97. The molecule has 0 aliphatic rings. The number of non-ortho nitro benzene ring substituents is 1. The van der Waals surface area contributed by atoms with Gasteiger partial charge in [-0.05, 0) is 18.2 Å². The van der Waals surface area contributed by atoms with Crippen LogP contribution in [0.15, 0.2) is 47.5 Å². The molecule has 1 heterocycles. The molecule has 0 radical (unpaired) electrons. The molecule has 10 nitrogen and oxygen atoms in total. The van der Waals surface area contributed by atoms with E-state index >= 15 is 0 Å². The molecule has 0 unspecified atom stereocenters. The van der Waals surface area contributed by atoms with Crippen LogP contribution >= 0.6 is 0 Å². The second kappa shape index (κ2) is 8.56. The van der Waals surface area contributed by atoms with Crippen LogP contribution in [-0.2, 0) is 10.0 Å². The number of carbonyl (C=O) groups is 1. The summed E-state index contributed by atoms with van der Waals surface area (Å²) in [5, 5.41) is 13.3. The SMILES string of the molecule is CN(C)c1cc(C(=O)NCCNS(=O)(=O)c2cccc([N+](=O)[O-])c2)ccn1. The molecule has 0 fully saturated rings. The Hall–Kier alpha value is -3.05. The molecular weight excluding hydrogens is 374 g/mol. The largest absolute Gasteiger partial charge is 0.363 e. The molecular formula is C16H19N5O5S. The number of nitro groups is 1. The van der Waals surface area contributed by atoms with E-state index in [9.17, 15) is 23.3 Å². The molecule has 2 rings (SSSR count). The van der Waals surface area contributed by atoms with Gasteiger partial charge in [0.25, 0.3) is 11.6 Å². The molecule has 144 valence electrons. The monoisotopic (exact) mass is 393 g/mol. The zero-order valence-electron chi connectivity index (χ0n) is 14.7. The van der Waals surface area contributed by atoms with Crippen molar-refractivity contribution in [1.82, 2.24) is 15.0 Å². The highest BCUT2D eigenvalue weighted by atomic mass is 32.2. The third-order valence-electron chi connectivity index (χ3n) is 3.51. The lowest BCUT2D eigenvalue weighted by Crippen LogP contribution is -2.34. The Morgan fingerprint density at radius 1 is 1.22 bits per heavy atom. The molecule has 27 heavy (non-hydrogen) atoms. The number of sulfonamides is 1. The highest BCUT2D eigenvalue weighted by Crippen LogP contribution is 2.16. The Bertz CT molecular complexity index is 946. The lowest BCUT2D eigenvalue weighted by Gasteiger charge is -2.12. The molecule has 1 aromatic carbocycles. The van der Waals surface area contributed by atoms with E-state index in [0.29, 0.717) is 11.4 Å². The number of nitrogens with one attached hydrogen (secondary N) is 2. The summed E-state index contributed by atoms with van der Waals surface area (Å²) >= 11 is 0. The highest BCUT2D eigenvalue weighted by Gasteiger charge is 2.17. The van der Waals surface area contributed by atoms with Crippen molar-refractivity contribution in [2.45, 2.75) is 4.90 Å². The molecule has 0 saturated heterocycles. The Balaban J connectivity index is 1.92. The minimum absolute atomic E-state index is 0.0482. The van der Waals surface area contributed by atoms with Crippen LogP contribution in [0.3, 0.4) is 0 Å². The van der Waals surface area contributed by atoms with Gasteiger partial charge in [0.05, 0.1) is 9.82 Å². The van der Waals surface area contributed by atoms with Crippen molar-refractivity contribution in [1.29, 1.82) is 0 Å². The fourth-order valence-corrected chi connectivity index (χ4v) is 3.19. The molecule has 0 spiro atoms. The van der Waals surface area contributed by atoms with E-state index < -0.39 is 14.9 Å². The summed E-state index contributed by atoms with van der Waals surface area (Å²) in [7, 11) is -0.323. The molecule has 0 aliphatic heterocycles. The van der Waals surface area contributed by atoms with Crippen molar-refractivity contribution < 1.29 is 18.1 Å². The average Bonchev–Trinajstić information content (AvgIpc) is 2.65. The average molecular weight is 393 g/mol. The summed E-state index contributed by atoms with van der Waals surface area (Å²) in [6.07, 6.45) is 1.51. The predicted octanol–water partition coefficient (Wildman–Crippen LogP) is 0.764. The zero-order chi connectivity index (χ0) is 20.0. The predicted molar refractivity (Wildman–Crippen MR) is 99.2 cm³/mol. The van der Waals surface area contributed by atoms with E-state index in [-0.39, 0.29) is 29.6 Å². The van der Waals surface area contributed by atoms with Crippen molar-refractivity contribution in [3.05, 3.63) is 58.3 Å². The molecule has 0 aliphatic carbocycles. The van der Waals surface area contributed by atoms with Gasteiger partial charge in [0.15, 0.2) is 0 Å². The molecule has 1 aromatic heterocycles. The van der Waals surface area contributed by atoms with E-state index in [0.717, 1.165) is 6.07 Å². The van der Waals surface area contributed by atoms with Crippen LogP contribution in [0.25, 0.3) is 0 Å². The molecule has 0 bridgehead atoms. The number of hydrogen-bond acceptors (Lipinski definition) is 7. The van der Waals surface area contributed by atoms with Gasteiger partial charge in [0.1, 0.15) is 5.82 Å². The summed E-state index contributed by atoms with van der Waals surface area (Å²) < 4.78 is 26.7. The van der Waals surface area contributed by atoms with Gasteiger partial charge in [0.2, 0.25) is 10.0 Å². The first kappa shape index (κ1) is 20.3. The molecule has 0 atom stereocenters. The number of benzene rings is 1. The number of rotatable bonds is 8. The van der Waals surface area contributed by atoms with Crippen LogP contribution in [0.1, 0.15) is 10.4 Å². The molecule has 1 amide bonds. The molecule has 11 heteroatoms. The Morgan fingerprint density at radius 3 is 2.63 bits per heavy atom. The Kier molecular flexibility index (Phi) is 6.42. The van der Waals surface area contributed by atoms with E-state index in [1.165, 1.54) is 24.4 Å². The van der Waals surface area contributed by atoms with Crippen molar-refractivity contribution in [3.8, 4) is 0 Å². The number of anilines is 1. The first-order chi connectivity index (χ1) is 12.7. The summed E-state index contributed by atoms with van der Waals surface area (Å²) in [6, 6.07) is 7.89. The standard InChI is InChI=1S/C16H19N5O5S/c1-20(2)15-10-12(6-7-17-15)16(22)18-8-9-19-27(25,26)14-5-3-4-13(11-14)21(23)24/h3-7,10-11,19H,8-9H2,1-2H3,(H,18,22). The number of hydrogen-bond donors (Lipinski definition) is 2. The quantitative estimate of drug-likeness (QED) is 0.384. The van der Waals surface area contributed by atoms with E-state index in [2.05, 4.69) is 15.0 Å². The summed E-state index contributed by atoms with van der Waals surface area (Å²) in [5.41, 5.74) is 0.0794. The zero-order valence-corrected chi connectivity index (χ0v) is 15.6. The van der Waals surface area contributed by atoms with Crippen molar-refractivity contribution in [2.75, 3.05) is 32.1 Å². The first-order valence-electron chi connectivity index (χ1n) is 7.86. The summed E-state index contributed by atoms with van der Waals surface area (Å²) in [4.78, 5) is 27.9.